The van der Waals surface area contributed by atoms with E-state index in [1.54, 1.807) is 22.8 Å². The number of aromatic nitrogens is 2. The van der Waals surface area contributed by atoms with Crippen LogP contribution in [-0.4, -0.2) is 9.55 Å². The highest BCUT2D eigenvalue weighted by molar-refractivity contribution is 6.22. The van der Waals surface area contributed by atoms with Crippen LogP contribution in [0.15, 0.2) is 176 Å². The topological polar surface area (TPSA) is 17.8 Å². The van der Waals surface area contributed by atoms with Crippen LogP contribution in [0.25, 0.3) is 82.8 Å². The summed E-state index contributed by atoms with van der Waals surface area (Å²) in [5.74, 6) is -0.191. The number of aryl methyl sites for hydroxylation is 1. The number of benzene rings is 8. The molecule has 232 valence electrons. The van der Waals surface area contributed by atoms with Crippen LogP contribution in [0.3, 0.4) is 0 Å². The molecule has 9 aromatic rings. The molecule has 49 heavy (non-hydrogen) atoms. The maximum absolute atomic E-state index is 9.00. The lowest BCUT2D eigenvalue weighted by Crippen LogP contribution is -1.99. The average Bonchev–Trinajstić information content (AvgIpc) is 3.65. The minimum Gasteiger partial charge on any atom is -0.296 e. The van der Waals surface area contributed by atoms with Gasteiger partial charge in [0, 0.05) is 18.9 Å². The van der Waals surface area contributed by atoms with Crippen molar-refractivity contribution in [2.75, 3.05) is 0 Å². The van der Waals surface area contributed by atoms with Crippen molar-refractivity contribution >= 4 is 32.6 Å². The zero-order chi connectivity index (χ0) is 41.4. The van der Waals surface area contributed by atoms with Crippen molar-refractivity contribution in [3.8, 4) is 50.2 Å². The third-order valence-corrected chi connectivity index (χ3v) is 9.19. The Labute approximate surface area is 300 Å². The number of nitrogens with zero attached hydrogens (tertiary/aromatic N) is 2. The number of fused-ring (bicyclic) bond motifs is 3. The molecule has 2 nitrogen and oxygen atoms in total. The lowest BCUT2D eigenvalue weighted by molar-refractivity contribution is 0.908. The first-order chi connectivity index (χ1) is 28.3. The standard InChI is InChI=1S/C47H34N2/c1-2-45-48-43-19-11-12-20-44(43)49(45)38-28-25-34(26-29-38)33-21-23-36(24-22-33)46-39-17-9-10-18-40(39)47(35-15-7-4-8-16-35)42-31-37(27-30-41(42)46)32-13-5-3-6-14-32/h3-31H,2H2,1H3/i1D3,2D2,4D,7D,8D,15D,16D. The number of hydrogen-bond donors (Lipinski definition) is 0. The quantitative estimate of drug-likeness (QED) is 0.166. The van der Waals surface area contributed by atoms with E-state index < -0.39 is 19.3 Å². The van der Waals surface area contributed by atoms with Gasteiger partial charge in [0.1, 0.15) is 5.82 Å². The third kappa shape index (κ3) is 5.01. The van der Waals surface area contributed by atoms with E-state index in [0.717, 1.165) is 54.9 Å². The molecular formula is C47H34N2. The highest BCUT2D eigenvalue weighted by Gasteiger charge is 2.18. The molecule has 8 aromatic carbocycles. The van der Waals surface area contributed by atoms with Crippen LogP contribution in [0.5, 0.6) is 0 Å². The molecule has 0 N–H and O–H groups in total. The van der Waals surface area contributed by atoms with Gasteiger partial charge in [-0.1, -0.05) is 152 Å². The van der Waals surface area contributed by atoms with E-state index >= 15 is 0 Å². The van der Waals surface area contributed by atoms with Gasteiger partial charge in [-0.25, -0.2) is 4.98 Å². The normalized spacial score (nSPS) is 14.9. The predicted molar refractivity (Wildman–Crippen MR) is 207 cm³/mol. The lowest BCUT2D eigenvalue weighted by Gasteiger charge is -2.19. The Bertz CT molecular complexity index is 3070. The summed E-state index contributed by atoms with van der Waals surface area (Å²) in [5, 5.41) is 3.24. The fraction of sp³-hybridized carbons (Fsp3) is 0.0426. The van der Waals surface area contributed by atoms with E-state index in [9.17, 15) is 0 Å². The SMILES string of the molecule is [2H]c1c([2H])c([2H])c(-c2c3ccccc3c(-c3ccc(-c4ccc(-n5c(C([2H])([2H])C([2H])([2H])[2H])nc6ccccc65)cc4)cc3)c3ccc(-c4ccccc4)cc23)c([2H])c1[2H]. The van der Waals surface area contributed by atoms with Crippen molar-refractivity contribution in [1.82, 2.24) is 9.55 Å². The molecule has 0 aliphatic heterocycles. The summed E-state index contributed by atoms with van der Waals surface area (Å²) in [6, 6.07) is 44.9. The van der Waals surface area contributed by atoms with Crippen LogP contribution >= 0.6 is 0 Å². The van der Waals surface area contributed by atoms with Crippen molar-refractivity contribution in [2.45, 2.75) is 13.2 Å². The van der Waals surface area contributed by atoms with Crippen LogP contribution in [0.4, 0.5) is 0 Å². The van der Waals surface area contributed by atoms with Gasteiger partial charge < -0.3 is 0 Å². The first-order valence-corrected chi connectivity index (χ1v) is 16.1. The summed E-state index contributed by atoms with van der Waals surface area (Å²) < 4.78 is 85.8. The summed E-state index contributed by atoms with van der Waals surface area (Å²) in [4.78, 5) is 4.44. The first kappa shape index (κ1) is 20.2. The Morgan fingerprint density at radius 1 is 0.531 bits per heavy atom. The van der Waals surface area contributed by atoms with Crippen LogP contribution in [0, 0.1) is 0 Å². The van der Waals surface area contributed by atoms with Crippen molar-refractivity contribution in [1.29, 1.82) is 0 Å². The average molecular weight is 637 g/mol. The van der Waals surface area contributed by atoms with E-state index in [1.165, 1.54) is 0 Å². The van der Waals surface area contributed by atoms with Crippen LogP contribution in [0.2, 0.25) is 0 Å². The number of imidazole rings is 1. The van der Waals surface area contributed by atoms with Crippen molar-refractivity contribution in [2.24, 2.45) is 0 Å². The third-order valence-electron chi connectivity index (χ3n) is 9.19. The van der Waals surface area contributed by atoms with Gasteiger partial charge in [0.25, 0.3) is 0 Å². The van der Waals surface area contributed by atoms with Gasteiger partial charge in [-0.3, -0.25) is 4.57 Å². The Balaban J connectivity index is 1.19. The van der Waals surface area contributed by atoms with Gasteiger partial charge >= 0.3 is 0 Å². The molecular weight excluding hydrogens is 593 g/mol. The van der Waals surface area contributed by atoms with Crippen LogP contribution < -0.4 is 0 Å². The fourth-order valence-electron chi connectivity index (χ4n) is 6.95. The maximum atomic E-state index is 9.00. The molecule has 0 atom stereocenters. The minimum absolute atomic E-state index is 0.151. The molecule has 0 bridgehead atoms. The van der Waals surface area contributed by atoms with Crippen molar-refractivity contribution in [3.05, 3.63) is 182 Å². The summed E-state index contributed by atoms with van der Waals surface area (Å²) in [7, 11) is 0. The van der Waals surface area contributed by atoms with Gasteiger partial charge in [-0.05, 0) is 96.4 Å². The monoisotopic (exact) mass is 636 g/mol. The van der Waals surface area contributed by atoms with Gasteiger partial charge in [-0.2, -0.15) is 0 Å². The second kappa shape index (κ2) is 12.1. The Hall–Kier alpha value is -6.25. The zero-order valence-corrected chi connectivity index (χ0v) is 26.3. The van der Waals surface area contributed by atoms with Gasteiger partial charge in [-0.15, -0.1) is 0 Å². The molecule has 0 unspecified atom stereocenters. The van der Waals surface area contributed by atoms with Gasteiger partial charge in [0.05, 0.1) is 17.9 Å². The first-order valence-electron chi connectivity index (χ1n) is 21.1. The van der Waals surface area contributed by atoms with E-state index in [2.05, 4.69) is 11.1 Å². The molecule has 0 aliphatic rings. The number of para-hydroxylation sites is 2. The second-order valence-corrected chi connectivity index (χ2v) is 11.9. The van der Waals surface area contributed by atoms with Crippen molar-refractivity contribution < 1.29 is 13.7 Å². The highest BCUT2D eigenvalue weighted by Crippen LogP contribution is 2.45. The molecule has 0 saturated heterocycles. The van der Waals surface area contributed by atoms with E-state index in [1.807, 2.05) is 121 Å². The minimum atomic E-state index is -2.94. The van der Waals surface area contributed by atoms with E-state index in [4.69, 9.17) is 13.7 Å². The molecule has 0 saturated carbocycles. The molecule has 0 aliphatic carbocycles. The van der Waals surface area contributed by atoms with E-state index in [-0.39, 0.29) is 35.6 Å². The lowest BCUT2D eigenvalue weighted by atomic mass is 9.84. The van der Waals surface area contributed by atoms with Crippen LogP contribution in [-0.2, 0) is 6.37 Å². The smallest absolute Gasteiger partial charge is 0.114 e. The molecule has 0 spiro atoms. The largest absolute Gasteiger partial charge is 0.296 e. The van der Waals surface area contributed by atoms with Crippen LogP contribution in [0.1, 0.15) is 26.4 Å². The Morgan fingerprint density at radius 3 is 1.84 bits per heavy atom. The summed E-state index contributed by atoms with van der Waals surface area (Å²) in [6.45, 7) is -2.94. The van der Waals surface area contributed by atoms with Gasteiger partial charge in [0.2, 0.25) is 0 Å². The Kier molecular flexibility index (Phi) is 4.98. The number of hydrogen-bond acceptors (Lipinski definition) is 1. The predicted octanol–water partition coefficient (Wildman–Crippen LogP) is 12.6. The number of rotatable bonds is 6. The summed E-state index contributed by atoms with van der Waals surface area (Å²) >= 11 is 0. The molecule has 9 rings (SSSR count). The molecule has 0 radical (unpaired) electrons. The van der Waals surface area contributed by atoms with E-state index in [0.29, 0.717) is 22.3 Å². The second-order valence-electron chi connectivity index (χ2n) is 11.9. The fourth-order valence-corrected chi connectivity index (χ4v) is 6.95. The van der Waals surface area contributed by atoms with Gasteiger partial charge in [0.15, 0.2) is 0 Å². The molecule has 1 heterocycles. The maximum Gasteiger partial charge on any atom is 0.114 e. The highest BCUT2D eigenvalue weighted by atomic mass is 15.1. The molecule has 0 fully saturated rings. The summed E-state index contributed by atoms with van der Waals surface area (Å²) in [5.41, 5.74) is 7.99. The Morgan fingerprint density at radius 2 is 1.10 bits per heavy atom. The zero-order valence-electron chi connectivity index (χ0n) is 36.3. The molecule has 0 amide bonds. The summed E-state index contributed by atoms with van der Waals surface area (Å²) in [6.07, 6.45) is -2.70. The van der Waals surface area contributed by atoms with Crippen molar-refractivity contribution in [3.63, 3.8) is 0 Å². The molecule has 2 heteroatoms. The molecule has 1 aromatic heterocycles.